The molecule has 0 heteroatoms. The van der Waals surface area contributed by atoms with Crippen molar-refractivity contribution in [3.63, 3.8) is 0 Å². The van der Waals surface area contributed by atoms with Crippen molar-refractivity contribution in [2.75, 3.05) is 0 Å². The molecule has 0 heterocycles. The summed E-state index contributed by atoms with van der Waals surface area (Å²) >= 11 is 0. The van der Waals surface area contributed by atoms with Crippen LogP contribution in [0.3, 0.4) is 0 Å². The first kappa shape index (κ1) is 12.7. The molecule has 4 atom stereocenters. The molecular weight excluding hydrogens is 204 g/mol. The number of hydrogen-bond donors (Lipinski definition) is 0. The summed E-state index contributed by atoms with van der Waals surface area (Å²) in [4.78, 5) is 0. The molecule has 2 rings (SSSR count). The maximum absolute atomic E-state index is 2.48. The van der Waals surface area contributed by atoms with E-state index in [0.29, 0.717) is 5.41 Å². The van der Waals surface area contributed by atoms with Crippen molar-refractivity contribution in [1.82, 2.24) is 0 Å². The first-order valence-electron chi connectivity index (χ1n) is 7.10. The third kappa shape index (κ3) is 2.56. The first-order chi connectivity index (χ1) is 8.06. The average molecular weight is 230 g/mol. The molecule has 17 heavy (non-hydrogen) atoms. The monoisotopic (exact) mass is 230 g/mol. The molecule has 0 aliphatic heterocycles. The van der Waals surface area contributed by atoms with Crippen LogP contribution >= 0.6 is 0 Å². The Kier molecular flexibility index (Phi) is 3.61. The van der Waals surface area contributed by atoms with E-state index in [9.17, 15) is 0 Å². The van der Waals surface area contributed by atoms with Crippen LogP contribution in [-0.4, -0.2) is 0 Å². The third-order valence-corrected chi connectivity index (χ3v) is 5.14. The second-order valence-electron chi connectivity index (χ2n) is 6.43. The van der Waals surface area contributed by atoms with Crippen LogP contribution in [0.4, 0.5) is 0 Å². The zero-order chi connectivity index (χ0) is 12.5. The average Bonchev–Trinajstić information content (AvgIpc) is 2.35. The smallest absolute Gasteiger partial charge is 0.0129 e. The highest BCUT2D eigenvalue weighted by molar-refractivity contribution is 5.21. The van der Waals surface area contributed by atoms with Crippen molar-refractivity contribution in [3.05, 3.63) is 35.9 Å². The predicted octanol–water partition coefficient (Wildman–Crippen LogP) is 5.25. The number of hydrogen-bond acceptors (Lipinski definition) is 0. The summed E-state index contributed by atoms with van der Waals surface area (Å²) in [7, 11) is 0. The van der Waals surface area contributed by atoms with E-state index in [4.69, 9.17) is 0 Å². The van der Waals surface area contributed by atoms with Crippen LogP contribution in [0.15, 0.2) is 30.3 Å². The number of benzene rings is 1. The van der Waals surface area contributed by atoms with Gasteiger partial charge in [0.15, 0.2) is 0 Å². The minimum Gasteiger partial charge on any atom is -0.0649 e. The van der Waals surface area contributed by atoms with Crippen LogP contribution in [0.2, 0.25) is 0 Å². The zero-order valence-electron chi connectivity index (χ0n) is 11.7. The van der Waals surface area contributed by atoms with Crippen LogP contribution < -0.4 is 0 Å². The van der Waals surface area contributed by atoms with Gasteiger partial charge in [-0.1, -0.05) is 64.4 Å². The lowest BCUT2D eigenvalue weighted by molar-refractivity contribution is 0.0938. The largest absolute Gasteiger partial charge is 0.0649 e. The van der Waals surface area contributed by atoms with Crippen LogP contribution in [0.5, 0.6) is 0 Å². The van der Waals surface area contributed by atoms with Crippen LogP contribution in [0.1, 0.15) is 58.4 Å². The lowest BCUT2D eigenvalue weighted by Crippen LogP contribution is -2.34. The Morgan fingerprint density at radius 1 is 1.12 bits per heavy atom. The van der Waals surface area contributed by atoms with E-state index in [1.165, 1.54) is 19.3 Å². The Morgan fingerprint density at radius 3 is 2.35 bits per heavy atom. The van der Waals surface area contributed by atoms with Gasteiger partial charge < -0.3 is 0 Å². The normalized spacial score (nSPS) is 38.0. The molecule has 0 bridgehead atoms. The first-order valence-corrected chi connectivity index (χ1v) is 7.10. The fourth-order valence-electron chi connectivity index (χ4n) is 3.57. The summed E-state index contributed by atoms with van der Waals surface area (Å²) in [6.07, 6.45) is 4.07. The van der Waals surface area contributed by atoms with Gasteiger partial charge in [0, 0.05) is 0 Å². The van der Waals surface area contributed by atoms with E-state index < -0.39 is 0 Å². The third-order valence-electron chi connectivity index (χ3n) is 5.14. The molecule has 0 saturated heterocycles. The van der Waals surface area contributed by atoms with E-state index in [1.54, 1.807) is 5.56 Å². The molecule has 4 unspecified atom stereocenters. The molecule has 0 N–H and O–H groups in total. The van der Waals surface area contributed by atoms with Crippen molar-refractivity contribution in [1.29, 1.82) is 0 Å². The van der Waals surface area contributed by atoms with Gasteiger partial charge in [-0.25, -0.2) is 0 Å². The second-order valence-corrected chi connectivity index (χ2v) is 6.43. The molecule has 0 nitrogen and oxygen atoms in total. The van der Waals surface area contributed by atoms with Gasteiger partial charge in [0.05, 0.1) is 0 Å². The second kappa shape index (κ2) is 4.84. The molecule has 0 spiro atoms. The summed E-state index contributed by atoms with van der Waals surface area (Å²) in [5.41, 5.74) is 2.10. The van der Waals surface area contributed by atoms with Gasteiger partial charge >= 0.3 is 0 Å². The van der Waals surface area contributed by atoms with Crippen molar-refractivity contribution in [2.45, 2.75) is 52.9 Å². The fraction of sp³-hybridized carbons (Fsp3) is 0.647. The van der Waals surface area contributed by atoms with Gasteiger partial charge in [0.2, 0.25) is 0 Å². The SMILES string of the molecule is CCC1(C)CC(C)C(C)C(c2ccccc2)C1. The molecule has 1 aliphatic carbocycles. The van der Waals surface area contributed by atoms with Gasteiger partial charge in [-0.3, -0.25) is 0 Å². The fourth-order valence-corrected chi connectivity index (χ4v) is 3.57. The summed E-state index contributed by atoms with van der Waals surface area (Å²) < 4.78 is 0. The number of rotatable bonds is 2. The van der Waals surface area contributed by atoms with E-state index in [-0.39, 0.29) is 0 Å². The van der Waals surface area contributed by atoms with E-state index in [0.717, 1.165) is 17.8 Å². The Bertz CT molecular complexity index is 354. The predicted molar refractivity (Wildman–Crippen MR) is 75.1 cm³/mol. The van der Waals surface area contributed by atoms with Crippen molar-refractivity contribution in [2.24, 2.45) is 17.3 Å². The van der Waals surface area contributed by atoms with E-state index >= 15 is 0 Å². The maximum Gasteiger partial charge on any atom is -0.0129 e. The Balaban J connectivity index is 2.26. The van der Waals surface area contributed by atoms with Crippen molar-refractivity contribution < 1.29 is 0 Å². The quantitative estimate of drug-likeness (QED) is 0.650. The Labute approximate surface area is 106 Å². The van der Waals surface area contributed by atoms with Gasteiger partial charge in [0.25, 0.3) is 0 Å². The standard InChI is InChI=1S/C17H26/c1-5-17(4)11-13(2)14(3)16(12-17)15-9-7-6-8-10-15/h6-10,13-14,16H,5,11-12H2,1-4H3. The minimum atomic E-state index is 0.548. The highest BCUT2D eigenvalue weighted by Crippen LogP contribution is 2.50. The molecule has 1 fully saturated rings. The van der Waals surface area contributed by atoms with Crippen molar-refractivity contribution in [3.8, 4) is 0 Å². The summed E-state index contributed by atoms with van der Waals surface area (Å²) in [6.45, 7) is 9.71. The molecule has 0 aromatic heterocycles. The lowest BCUT2D eigenvalue weighted by Gasteiger charge is -2.45. The Morgan fingerprint density at radius 2 is 1.76 bits per heavy atom. The summed E-state index contributed by atoms with van der Waals surface area (Å²) in [6, 6.07) is 11.1. The van der Waals surface area contributed by atoms with Gasteiger partial charge in [-0.2, -0.15) is 0 Å². The summed E-state index contributed by atoms with van der Waals surface area (Å²) in [5.74, 6) is 2.42. The molecular formula is C17H26. The molecule has 1 aromatic rings. The van der Waals surface area contributed by atoms with Crippen LogP contribution in [0, 0.1) is 17.3 Å². The Hall–Kier alpha value is -0.780. The molecule has 1 aromatic carbocycles. The van der Waals surface area contributed by atoms with Crippen molar-refractivity contribution >= 4 is 0 Å². The highest BCUT2D eigenvalue weighted by Gasteiger charge is 2.39. The van der Waals surface area contributed by atoms with E-state index in [2.05, 4.69) is 58.0 Å². The zero-order valence-corrected chi connectivity index (χ0v) is 11.7. The summed E-state index contributed by atoms with van der Waals surface area (Å²) in [5, 5.41) is 0. The highest BCUT2D eigenvalue weighted by atomic mass is 14.4. The molecule has 0 radical (unpaired) electrons. The lowest BCUT2D eigenvalue weighted by atomic mass is 9.60. The molecule has 94 valence electrons. The molecule has 1 aliphatic rings. The van der Waals surface area contributed by atoms with Crippen LogP contribution in [-0.2, 0) is 0 Å². The van der Waals surface area contributed by atoms with Gasteiger partial charge in [-0.05, 0) is 41.6 Å². The van der Waals surface area contributed by atoms with Gasteiger partial charge in [-0.15, -0.1) is 0 Å². The van der Waals surface area contributed by atoms with E-state index in [1.807, 2.05) is 0 Å². The van der Waals surface area contributed by atoms with Crippen LogP contribution in [0.25, 0.3) is 0 Å². The molecule has 0 amide bonds. The maximum atomic E-state index is 2.48. The topological polar surface area (TPSA) is 0 Å². The minimum absolute atomic E-state index is 0.548. The molecule has 1 saturated carbocycles. The van der Waals surface area contributed by atoms with Gasteiger partial charge in [0.1, 0.15) is 0 Å².